The molecule has 1 aromatic carbocycles. The van der Waals surface area contributed by atoms with Crippen molar-refractivity contribution in [3.8, 4) is 0 Å². The van der Waals surface area contributed by atoms with Gasteiger partial charge in [0, 0.05) is 31.2 Å². The Morgan fingerprint density at radius 1 is 1.19 bits per heavy atom. The predicted molar refractivity (Wildman–Crippen MR) is 102 cm³/mol. The van der Waals surface area contributed by atoms with E-state index in [1.165, 1.54) is 10.4 Å². The number of hydrogen-bond donors (Lipinski definition) is 0. The third-order valence-corrected chi connectivity index (χ3v) is 7.68. The van der Waals surface area contributed by atoms with Gasteiger partial charge in [-0.15, -0.1) is 0 Å². The molecule has 1 amide bonds. The number of halogens is 1. The first kappa shape index (κ1) is 18.5. The number of amides is 1. The van der Waals surface area contributed by atoms with E-state index in [4.69, 9.17) is 11.6 Å². The van der Waals surface area contributed by atoms with Crippen molar-refractivity contribution in [1.82, 2.24) is 14.1 Å². The Bertz CT molecular complexity index is 1010. The summed E-state index contributed by atoms with van der Waals surface area (Å²) >= 11 is 5.96. The molecule has 0 N–H and O–H groups in total. The maximum Gasteiger partial charge on any atom is 0.243 e. The number of sulfonamides is 1. The van der Waals surface area contributed by atoms with E-state index in [0.717, 1.165) is 11.5 Å². The molecule has 1 aromatic heterocycles. The van der Waals surface area contributed by atoms with Gasteiger partial charge >= 0.3 is 0 Å². The Labute approximate surface area is 163 Å². The van der Waals surface area contributed by atoms with Crippen LogP contribution >= 0.6 is 11.6 Å². The van der Waals surface area contributed by atoms with Crippen LogP contribution in [-0.2, 0) is 20.4 Å². The summed E-state index contributed by atoms with van der Waals surface area (Å²) in [5.74, 6) is 0.809. The Kier molecular flexibility index (Phi) is 4.32. The van der Waals surface area contributed by atoms with Gasteiger partial charge in [-0.05, 0) is 38.0 Å². The number of fused-ring (bicyclic) bond motifs is 2. The lowest BCUT2D eigenvalue weighted by Gasteiger charge is -2.45. The molecule has 0 unspecified atom stereocenters. The van der Waals surface area contributed by atoms with Crippen LogP contribution in [0.1, 0.15) is 25.0 Å². The maximum absolute atomic E-state index is 12.9. The van der Waals surface area contributed by atoms with Crippen molar-refractivity contribution >= 4 is 33.3 Å². The molecule has 0 bridgehead atoms. The lowest BCUT2D eigenvalue weighted by atomic mass is 9.83. The Morgan fingerprint density at radius 3 is 2.56 bits per heavy atom. The summed E-state index contributed by atoms with van der Waals surface area (Å²) in [7, 11) is -1.86. The number of piperidine rings is 1. The summed E-state index contributed by atoms with van der Waals surface area (Å²) in [6.45, 7) is 2.57. The molecule has 27 heavy (non-hydrogen) atoms. The molecule has 0 radical (unpaired) electrons. The molecule has 0 atom stereocenters. The van der Waals surface area contributed by atoms with Crippen molar-refractivity contribution in [2.24, 2.45) is 0 Å². The van der Waals surface area contributed by atoms with Gasteiger partial charge in [0.05, 0.1) is 22.5 Å². The largest absolute Gasteiger partial charge is 0.300 e. The van der Waals surface area contributed by atoms with Crippen molar-refractivity contribution in [1.29, 1.82) is 0 Å². The van der Waals surface area contributed by atoms with E-state index in [0.29, 0.717) is 37.4 Å². The number of carbonyl (C=O) groups is 1. The number of aromatic nitrogens is 2. The van der Waals surface area contributed by atoms with E-state index in [1.807, 2.05) is 17.7 Å². The zero-order chi connectivity index (χ0) is 19.4. The molecule has 7 nitrogen and oxygen atoms in total. The second-order valence-corrected chi connectivity index (χ2v) is 9.65. The van der Waals surface area contributed by atoms with Crippen LogP contribution in [0.4, 0.5) is 5.82 Å². The highest BCUT2D eigenvalue weighted by atomic mass is 35.5. The molecular formula is C18H21ClN4O3S. The summed E-state index contributed by atoms with van der Waals surface area (Å²) in [4.78, 5) is 14.3. The molecule has 144 valence electrons. The number of benzene rings is 1. The van der Waals surface area contributed by atoms with Crippen molar-refractivity contribution in [2.75, 3.05) is 25.0 Å². The van der Waals surface area contributed by atoms with E-state index in [9.17, 15) is 13.2 Å². The molecule has 9 heteroatoms. The van der Waals surface area contributed by atoms with E-state index < -0.39 is 15.6 Å². The second kappa shape index (κ2) is 6.32. The molecule has 4 rings (SSSR count). The summed E-state index contributed by atoms with van der Waals surface area (Å²) in [6.07, 6.45) is 1.42. The maximum atomic E-state index is 12.9. The fourth-order valence-electron chi connectivity index (χ4n) is 3.98. The van der Waals surface area contributed by atoms with Crippen LogP contribution in [0.25, 0.3) is 0 Å². The molecule has 2 aliphatic heterocycles. The van der Waals surface area contributed by atoms with E-state index in [-0.39, 0.29) is 10.8 Å². The highest BCUT2D eigenvalue weighted by Crippen LogP contribution is 2.41. The lowest BCUT2D eigenvalue weighted by Crippen LogP contribution is -2.54. The van der Waals surface area contributed by atoms with E-state index in [1.54, 1.807) is 30.1 Å². The minimum atomic E-state index is -3.61. The van der Waals surface area contributed by atoms with Gasteiger partial charge in [0.25, 0.3) is 0 Å². The summed E-state index contributed by atoms with van der Waals surface area (Å²) in [5.41, 5.74) is 0.382. The molecule has 0 aliphatic carbocycles. The van der Waals surface area contributed by atoms with Crippen LogP contribution < -0.4 is 4.90 Å². The quantitative estimate of drug-likeness (QED) is 0.764. The monoisotopic (exact) mass is 408 g/mol. The van der Waals surface area contributed by atoms with E-state index >= 15 is 0 Å². The Morgan fingerprint density at radius 2 is 1.89 bits per heavy atom. The van der Waals surface area contributed by atoms with Crippen LogP contribution in [-0.4, -0.2) is 48.5 Å². The number of anilines is 1. The summed E-state index contributed by atoms with van der Waals surface area (Å²) in [6, 6.07) is 8.20. The Hall–Kier alpha value is -1.90. The molecule has 2 aliphatic rings. The highest BCUT2D eigenvalue weighted by Gasteiger charge is 2.46. The minimum Gasteiger partial charge on any atom is -0.300 e. The van der Waals surface area contributed by atoms with E-state index in [2.05, 4.69) is 5.10 Å². The van der Waals surface area contributed by atoms with Gasteiger partial charge in [-0.2, -0.15) is 9.40 Å². The van der Waals surface area contributed by atoms with Gasteiger partial charge in [0.15, 0.2) is 0 Å². The second-order valence-electron chi connectivity index (χ2n) is 7.27. The van der Waals surface area contributed by atoms with Crippen molar-refractivity contribution in [3.63, 3.8) is 0 Å². The standard InChI is InChI=1S/C18H21ClN4O3S/c1-13-10-16-21(2)17(24)12-18(23(16)20-13)6-8-22(9-7-18)27(25,26)15-5-3-4-14(19)11-15/h3-5,10-11H,6-9,12H2,1-2H3. The first-order valence-electron chi connectivity index (χ1n) is 8.82. The van der Waals surface area contributed by atoms with Crippen molar-refractivity contribution < 1.29 is 13.2 Å². The SMILES string of the molecule is Cc1cc2n(n1)C1(CCN(S(=O)(=O)c3cccc(Cl)c3)CC1)CC(=O)N2C. The summed E-state index contributed by atoms with van der Waals surface area (Å²) in [5, 5.41) is 5.00. The smallest absolute Gasteiger partial charge is 0.243 e. The molecular weight excluding hydrogens is 388 g/mol. The van der Waals surface area contributed by atoms with Gasteiger partial charge in [-0.3, -0.25) is 4.79 Å². The molecule has 2 aromatic rings. The van der Waals surface area contributed by atoms with Gasteiger partial charge in [0.2, 0.25) is 15.9 Å². The molecule has 0 saturated carbocycles. The molecule has 1 spiro atoms. The van der Waals surface area contributed by atoms with Crippen LogP contribution in [0.3, 0.4) is 0 Å². The average molecular weight is 409 g/mol. The first-order valence-corrected chi connectivity index (χ1v) is 10.6. The fraction of sp³-hybridized carbons (Fsp3) is 0.444. The molecule has 1 saturated heterocycles. The zero-order valence-electron chi connectivity index (χ0n) is 15.2. The predicted octanol–water partition coefficient (Wildman–Crippen LogP) is 2.39. The Balaban J connectivity index is 1.62. The third kappa shape index (κ3) is 2.96. The van der Waals surface area contributed by atoms with Gasteiger partial charge in [0.1, 0.15) is 5.82 Å². The number of aryl methyl sites for hydroxylation is 1. The number of carbonyl (C=O) groups excluding carboxylic acids is 1. The van der Waals surface area contributed by atoms with Gasteiger partial charge in [-0.1, -0.05) is 17.7 Å². The molecule has 1 fully saturated rings. The lowest BCUT2D eigenvalue weighted by molar-refractivity contribution is -0.122. The van der Waals surface area contributed by atoms with Crippen LogP contribution in [0, 0.1) is 6.92 Å². The average Bonchev–Trinajstić information content (AvgIpc) is 3.03. The number of hydrogen-bond acceptors (Lipinski definition) is 4. The van der Waals surface area contributed by atoms with Gasteiger partial charge in [-0.25, -0.2) is 13.1 Å². The number of nitrogens with zero attached hydrogens (tertiary/aromatic N) is 4. The highest BCUT2D eigenvalue weighted by molar-refractivity contribution is 7.89. The summed E-state index contributed by atoms with van der Waals surface area (Å²) < 4.78 is 29.3. The van der Waals surface area contributed by atoms with Gasteiger partial charge < -0.3 is 4.90 Å². The third-order valence-electron chi connectivity index (χ3n) is 5.55. The molecule has 3 heterocycles. The first-order chi connectivity index (χ1) is 12.7. The number of rotatable bonds is 2. The van der Waals surface area contributed by atoms with Crippen molar-refractivity contribution in [2.45, 2.75) is 36.6 Å². The fourth-order valence-corrected chi connectivity index (χ4v) is 5.73. The van der Waals surface area contributed by atoms with Crippen LogP contribution in [0.15, 0.2) is 35.2 Å². The zero-order valence-corrected chi connectivity index (χ0v) is 16.8. The minimum absolute atomic E-state index is 0.0357. The van der Waals surface area contributed by atoms with Crippen molar-refractivity contribution in [3.05, 3.63) is 41.0 Å². The topological polar surface area (TPSA) is 75.5 Å². The normalized spacial score (nSPS) is 20.1. The van der Waals surface area contributed by atoms with Crippen LogP contribution in [0.2, 0.25) is 5.02 Å². The van der Waals surface area contributed by atoms with Crippen LogP contribution in [0.5, 0.6) is 0 Å².